The van der Waals surface area contributed by atoms with Crippen LogP contribution in [0.2, 0.25) is 0 Å². The standard InChI is InChI=1S/C13H26N2S/c1-15-10-4-3-5-12(15)6-9-14-11-13(16-2)7-8-13/h12,14H,3-11H2,1-2H3. The van der Waals surface area contributed by atoms with E-state index >= 15 is 0 Å². The van der Waals surface area contributed by atoms with Crippen LogP contribution in [0.4, 0.5) is 0 Å². The third kappa shape index (κ3) is 3.38. The Morgan fingerprint density at radius 3 is 2.81 bits per heavy atom. The lowest BCUT2D eigenvalue weighted by Crippen LogP contribution is -2.39. The topological polar surface area (TPSA) is 15.3 Å². The van der Waals surface area contributed by atoms with Crippen molar-refractivity contribution in [3.8, 4) is 0 Å². The molecular formula is C13H26N2S. The largest absolute Gasteiger partial charge is 0.315 e. The zero-order chi connectivity index (χ0) is 11.4. The number of nitrogens with zero attached hydrogens (tertiary/aromatic N) is 1. The molecule has 1 unspecified atom stereocenters. The molecule has 0 amide bonds. The van der Waals surface area contributed by atoms with Crippen LogP contribution in [-0.2, 0) is 0 Å². The highest BCUT2D eigenvalue weighted by atomic mass is 32.2. The third-order valence-corrected chi connectivity index (χ3v) is 5.68. The summed E-state index contributed by atoms with van der Waals surface area (Å²) >= 11 is 2.05. The van der Waals surface area contributed by atoms with Crippen LogP contribution in [0.25, 0.3) is 0 Å². The molecule has 1 aliphatic carbocycles. The highest BCUT2D eigenvalue weighted by Crippen LogP contribution is 2.46. The first-order valence-electron chi connectivity index (χ1n) is 6.72. The summed E-state index contributed by atoms with van der Waals surface area (Å²) < 4.78 is 0.623. The minimum atomic E-state index is 0.623. The van der Waals surface area contributed by atoms with E-state index < -0.39 is 0 Å². The average Bonchev–Trinajstić information content (AvgIpc) is 3.07. The predicted octanol–water partition coefficient (Wildman–Crippen LogP) is 2.35. The second-order valence-electron chi connectivity index (χ2n) is 5.48. The van der Waals surface area contributed by atoms with Gasteiger partial charge in [-0.3, -0.25) is 0 Å². The molecule has 94 valence electrons. The van der Waals surface area contributed by atoms with Gasteiger partial charge in [0.1, 0.15) is 0 Å². The Morgan fingerprint density at radius 2 is 2.19 bits per heavy atom. The van der Waals surface area contributed by atoms with E-state index in [4.69, 9.17) is 0 Å². The van der Waals surface area contributed by atoms with Gasteiger partial charge >= 0.3 is 0 Å². The van der Waals surface area contributed by atoms with Gasteiger partial charge in [-0.15, -0.1) is 0 Å². The minimum Gasteiger partial charge on any atom is -0.315 e. The molecule has 0 aromatic carbocycles. The summed E-state index contributed by atoms with van der Waals surface area (Å²) in [5.41, 5.74) is 0. The van der Waals surface area contributed by atoms with E-state index in [1.165, 1.54) is 58.2 Å². The summed E-state index contributed by atoms with van der Waals surface area (Å²) in [7, 11) is 2.29. The Balaban J connectivity index is 1.57. The Hall–Kier alpha value is 0.270. The van der Waals surface area contributed by atoms with E-state index in [2.05, 4.69) is 35.3 Å². The van der Waals surface area contributed by atoms with Gasteiger partial charge in [0.25, 0.3) is 0 Å². The molecule has 1 saturated carbocycles. The molecule has 0 aromatic rings. The molecule has 1 aliphatic heterocycles. The van der Waals surface area contributed by atoms with Crippen LogP contribution in [0.15, 0.2) is 0 Å². The average molecular weight is 242 g/mol. The fourth-order valence-electron chi connectivity index (χ4n) is 2.69. The van der Waals surface area contributed by atoms with Crippen molar-refractivity contribution in [2.24, 2.45) is 0 Å². The maximum absolute atomic E-state index is 3.66. The molecule has 0 radical (unpaired) electrons. The van der Waals surface area contributed by atoms with Gasteiger partial charge in [0.2, 0.25) is 0 Å². The number of hydrogen-bond donors (Lipinski definition) is 1. The molecule has 2 rings (SSSR count). The maximum atomic E-state index is 3.66. The molecular weight excluding hydrogens is 216 g/mol. The van der Waals surface area contributed by atoms with Crippen molar-refractivity contribution in [2.45, 2.75) is 49.3 Å². The van der Waals surface area contributed by atoms with E-state index in [1.807, 2.05) is 0 Å². The highest BCUT2D eigenvalue weighted by Gasteiger charge is 2.41. The SMILES string of the molecule is CSC1(CNCCC2CCCCN2C)CC1. The van der Waals surface area contributed by atoms with Crippen LogP contribution in [0.5, 0.6) is 0 Å². The van der Waals surface area contributed by atoms with Crippen LogP contribution in [-0.4, -0.2) is 48.6 Å². The van der Waals surface area contributed by atoms with Crippen LogP contribution in [0.1, 0.15) is 38.5 Å². The summed E-state index contributed by atoms with van der Waals surface area (Å²) in [4.78, 5) is 2.55. The van der Waals surface area contributed by atoms with Crippen molar-refractivity contribution in [3.63, 3.8) is 0 Å². The highest BCUT2D eigenvalue weighted by molar-refractivity contribution is 8.00. The zero-order valence-corrected chi connectivity index (χ0v) is 11.6. The van der Waals surface area contributed by atoms with Gasteiger partial charge in [-0.25, -0.2) is 0 Å². The third-order valence-electron chi connectivity index (χ3n) is 4.26. The summed E-state index contributed by atoms with van der Waals surface area (Å²) in [6.45, 7) is 3.74. The molecule has 2 aliphatic rings. The van der Waals surface area contributed by atoms with E-state index in [-0.39, 0.29) is 0 Å². The first-order valence-corrected chi connectivity index (χ1v) is 7.94. The molecule has 2 fully saturated rings. The second kappa shape index (κ2) is 5.74. The Morgan fingerprint density at radius 1 is 1.38 bits per heavy atom. The minimum absolute atomic E-state index is 0.623. The summed E-state index contributed by atoms with van der Waals surface area (Å²) in [6.07, 6.45) is 10.7. The molecule has 0 bridgehead atoms. The van der Waals surface area contributed by atoms with Crippen molar-refractivity contribution in [1.29, 1.82) is 0 Å². The molecule has 0 spiro atoms. The Bertz CT molecular complexity index is 216. The quantitative estimate of drug-likeness (QED) is 0.720. The molecule has 16 heavy (non-hydrogen) atoms. The van der Waals surface area contributed by atoms with Crippen LogP contribution in [0, 0.1) is 0 Å². The summed E-state index contributed by atoms with van der Waals surface area (Å²) in [5, 5.41) is 3.66. The van der Waals surface area contributed by atoms with Crippen molar-refractivity contribution in [3.05, 3.63) is 0 Å². The monoisotopic (exact) mass is 242 g/mol. The molecule has 2 nitrogen and oxygen atoms in total. The van der Waals surface area contributed by atoms with Crippen molar-refractivity contribution in [2.75, 3.05) is 32.9 Å². The number of likely N-dealkylation sites (tertiary alicyclic amines) is 1. The van der Waals surface area contributed by atoms with Crippen LogP contribution < -0.4 is 5.32 Å². The number of thioether (sulfide) groups is 1. The van der Waals surface area contributed by atoms with Gasteiger partial charge in [-0.05, 0) is 58.5 Å². The van der Waals surface area contributed by atoms with E-state index in [0.717, 1.165) is 6.04 Å². The number of rotatable bonds is 6. The van der Waals surface area contributed by atoms with Crippen molar-refractivity contribution < 1.29 is 0 Å². The summed E-state index contributed by atoms with van der Waals surface area (Å²) in [6, 6.07) is 0.839. The molecule has 1 N–H and O–H groups in total. The normalized spacial score (nSPS) is 29.2. The molecule has 1 atom stereocenters. The lowest BCUT2D eigenvalue weighted by molar-refractivity contribution is 0.175. The van der Waals surface area contributed by atoms with Crippen LogP contribution in [0.3, 0.4) is 0 Å². The van der Waals surface area contributed by atoms with E-state index in [9.17, 15) is 0 Å². The lowest BCUT2D eigenvalue weighted by atomic mass is 10.0. The summed E-state index contributed by atoms with van der Waals surface area (Å²) in [5.74, 6) is 0. The molecule has 1 heterocycles. The number of nitrogens with one attached hydrogen (secondary N) is 1. The zero-order valence-electron chi connectivity index (χ0n) is 10.8. The van der Waals surface area contributed by atoms with Gasteiger partial charge < -0.3 is 10.2 Å². The number of piperidine rings is 1. The molecule has 1 saturated heterocycles. The van der Waals surface area contributed by atoms with Gasteiger partial charge in [0.05, 0.1) is 0 Å². The smallest absolute Gasteiger partial charge is 0.0282 e. The van der Waals surface area contributed by atoms with Gasteiger partial charge in [-0.1, -0.05) is 6.42 Å². The van der Waals surface area contributed by atoms with Gasteiger partial charge in [-0.2, -0.15) is 11.8 Å². The van der Waals surface area contributed by atoms with Crippen molar-refractivity contribution >= 4 is 11.8 Å². The molecule has 3 heteroatoms. The Kier molecular flexibility index (Phi) is 4.57. The van der Waals surface area contributed by atoms with E-state index in [1.54, 1.807) is 0 Å². The fraction of sp³-hybridized carbons (Fsp3) is 1.00. The lowest BCUT2D eigenvalue weighted by Gasteiger charge is -2.32. The maximum Gasteiger partial charge on any atom is 0.0282 e. The first-order chi connectivity index (χ1) is 7.76. The number of hydrogen-bond acceptors (Lipinski definition) is 3. The van der Waals surface area contributed by atoms with Gasteiger partial charge in [0.15, 0.2) is 0 Å². The Labute approximate surface area is 105 Å². The molecule has 0 aromatic heterocycles. The predicted molar refractivity (Wildman–Crippen MR) is 73.2 cm³/mol. The second-order valence-corrected chi connectivity index (χ2v) is 6.76. The van der Waals surface area contributed by atoms with Crippen LogP contribution >= 0.6 is 11.8 Å². The first kappa shape index (κ1) is 12.7. The van der Waals surface area contributed by atoms with Gasteiger partial charge in [0, 0.05) is 17.3 Å². The van der Waals surface area contributed by atoms with Crippen molar-refractivity contribution in [1.82, 2.24) is 10.2 Å². The van der Waals surface area contributed by atoms with E-state index in [0.29, 0.717) is 4.75 Å². The fourth-order valence-corrected chi connectivity index (χ4v) is 3.44.